The lowest BCUT2D eigenvalue weighted by Gasteiger charge is -2.24. The van der Waals surface area contributed by atoms with Crippen molar-refractivity contribution in [3.05, 3.63) is 35.1 Å². The summed E-state index contributed by atoms with van der Waals surface area (Å²) in [6, 6.07) is 7.67. The van der Waals surface area contributed by atoms with Crippen LogP contribution in [0.3, 0.4) is 0 Å². The van der Waals surface area contributed by atoms with E-state index < -0.39 is 0 Å². The number of nitrogens with zero attached hydrogens (tertiary/aromatic N) is 4. The number of hydrogen-bond donors (Lipinski definition) is 0. The number of aromatic nitrogens is 4. The van der Waals surface area contributed by atoms with Gasteiger partial charge < -0.3 is 9.47 Å². The topological polar surface area (TPSA) is 61.5 Å². The van der Waals surface area contributed by atoms with E-state index in [4.69, 9.17) is 9.47 Å². The molecule has 0 bridgehead atoms. The van der Waals surface area contributed by atoms with Gasteiger partial charge in [0.15, 0.2) is 28.4 Å². The molecule has 0 saturated heterocycles. The largest absolute Gasteiger partial charge is 0.485 e. The Balaban J connectivity index is 1.68. The summed E-state index contributed by atoms with van der Waals surface area (Å²) in [6.07, 6.45) is -0.202. The molecule has 3 heterocycles. The second-order valence-electron chi connectivity index (χ2n) is 5.21. The van der Waals surface area contributed by atoms with E-state index in [-0.39, 0.29) is 12.0 Å². The molecule has 0 unspecified atom stereocenters. The van der Waals surface area contributed by atoms with Crippen molar-refractivity contribution in [2.75, 3.05) is 6.61 Å². The molecule has 0 radical (unpaired) electrons. The van der Waals surface area contributed by atoms with Crippen LogP contribution >= 0.6 is 11.3 Å². The molecule has 6 nitrogen and oxygen atoms in total. The minimum atomic E-state index is -0.202. The van der Waals surface area contributed by atoms with Crippen molar-refractivity contribution in [2.45, 2.75) is 25.9 Å². The highest BCUT2D eigenvalue weighted by Gasteiger charge is 2.27. The van der Waals surface area contributed by atoms with Gasteiger partial charge in [-0.1, -0.05) is 37.3 Å². The maximum atomic E-state index is 5.98. The van der Waals surface area contributed by atoms with E-state index in [2.05, 4.69) is 29.1 Å². The molecule has 0 saturated carbocycles. The Morgan fingerprint density at radius 2 is 2.05 bits per heavy atom. The van der Waals surface area contributed by atoms with Crippen LogP contribution in [0.25, 0.3) is 4.96 Å². The van der Waals surface area contributed by atoms with Crippen LogP contribution in [0.5, 0.6) is 11.5 Å². The molecule has 21 heavy (non-hydrogen) atoms. The summed E-state index contributed by atoms with van der Waals surface area (Å²) in [6.45, 7) is 4.61. The Morgan fingerprint density at radius 3 is 2.86 bits per heavy atom. The monoisotopic (exact) mass is 302 g/mol. The van der Waals surface area contributed by atoms with E-state index >= 15 is 0 Å². The summed E-state index contributed by atoms with van der Waals surface area (Å²) in [4.78, 5) is 0.788. The lowest BCUT2D eigenvalue weighted by molar-refractivity contribution is 0.0904. The third kappa shape index (κ3) is 2.04. The van der Waals surface area contributed by atoms with Gasteiger partial charge in [0.05, 0.1) is 0 Å². The lowest BCUT2D eigenvalue weighted by Crippen LogP contribution is -2.21. The van der Waals surface area contributed by atoms with Gasteiger partial charge >= 0.3 is 0 Å². The predicted molar refractivity (Wildman–Crippen MR) is 78.1 cm³/mol. The van der Waals surface area contributed by atoms with E-state index in [0.717, 1.165) is 27.3 Å². The van der Waals surface area contributed by atoms with E-state index in [1.807, 2.05) is 24.3 Å². The van der Waals surface area contributed by atoms with Gasteiger partial charge in [0.25, 0.3) is 0 Å². The summed E-state index contributed by atoms with van der Waals surface area (Å²) in [5, 5.41) is 13.8. The first-order chi connectivity index (χ1) is 10.2. The minimum absolute atomic E-state index is 0.202. The number of rotatable bonds is 2. The van der Waals surface area contributed by atoms with Crippen molar-refractivity contribution in [3.8, 4) is 11.5 Å². The average molecular weight is 302 g/mol. The zero-order chi connectivity index (χ0) is 14.4. The number of para-hydroxylation sites is 2. The normalized spacial score (nSPS) is 17.6. The van der Waals surface area contributed by atoms with Crippen molar-refractivity contribution in [1.29, 1.82) is 0 Å². The first kappa shape index (κ1) is 12.6. The third-order valence-corrected chi connectivity index (χ3v) is 4.32. The summed E-state index contributed by atoms with van der Waals surface area (Å²) < 4.78 is 13.5. The smallest absolute Gasteiger partial charge is 0.234 e. The highest BCUT2D eigenvalue weighted by molar-refractivity contribution is 7.16. The standard InChI is InChI=1S/C14H14N4O2S/c1-8(2)12-15-16-14-18(12)17-13(21-14)11-7-19-9-5-3-4-6-10(9)20-11/h3-6,8,11H,7H2,1-2H3/t11-/m1/s1. The minimum Gasteiger partial charge on any atom is -0.485 e. The maximum Gasteiger partial charge on any atom is 0.234 e. The molecule has 2 aromatic heterocycles. The maximum absolute atomic E-state index is 5.98. The molecule has 0 spiro atoms. The van der Waals surface area contributed by atoms with Crippen LogP contribution in [0.4, 0.5) is 0 Å². The van der Waals surface area contributed by atoms with Gasteiger partial charge in [-0.3, -0.25) is 0 Å². The third-order valence-electron chi connectivity index (χ3n) is 3.33. The fraction of sp³-hybridized carbons (Fsp3) is 0.357. The van der Waals surface area contributed by atoms with Gasteiger partial charge in [-0.2, -0.15) is 9.61 Å². The number of fused-ring (bicyclic) bond motifs is 2. The molecule has 1 aromatic carbocycles. The summed E-state index contributed by atoms with van der Waals surface area (Å²) in [7, 11) is 0. The van der Waals surface area contributed by atoms with Gasteiger partial charge in [0, 0.05) is 5.92 Å². The van der Waals surface area contributed by atoms with Crippen molar-refractivity contribution in [1.82, 2.24) is 19.8 Å². The molecule has 0 N–H and O–H groups in total. The van der Waals surface area contributed by atoms with Crippen LogP contribution in [-0.4, -0.2) is 26.4 Å². The zero-order valence-electron chi connectivity index (χ0n) is 11.7. The molecule has 1 aliphatic rings. The Morgan fingerprint density at radius 1 is 1.24 bits per heavy atom. The van der Waals surface area contributed by atoms with Crippen LogP contribution in [-0.2, 0) is 0 Å². The first-order valence-corrected chi connectivity index (χ1v) is 7.64. The fourth-order valence-corrected chi connectivity index (χ4v) is 3.14. The molecular weight excluding hydrogens is 288 g/mol. The van der Waals surface area contributed by atoms with E-state index in [9.17, 15) is 0 Å². The molecule has 7 heteroatoms. The van der Waals surface area contributed by atoms with Crippen LogP contribution < -0.4 is 9.47 Å². The molecule has 0 fully saturated rings. The number of benzene rings is 1. The highest BCUT2D eigenvalue weighted by atomic mass is 32.1. The zero-order valence-corrected chi connectivity index (χ0v) is 12.5. The first-order valence-electron chi connectivity index (χ1n) is 6.83. The molecule has 0 amide bonds. The van der Waals surface area contributed by atoms with Crippen molar-refractivity contribution < 1.29 is 9.47 Å². The van der Waals surface area contributed by atoms with E-state index in [1.165, 1.54) is 11.3 Å². The molecule has 108 valence electrons. The van der Waals surface area contributed by atoms with Gasteiger partial charge in [-0.05, 0) is 12.1 Å². The Labute approximate surface area is 125 Å². The molecule has 1 atom stereocenters. The number of ether oxygens (including phenoxy) is 2. The lowest BCUT2D eigenvalue weighted by atomic mass is 10.2. The second kappa shape index (κ2) is 4.70. The SMILES string of the molecule is CC(C)c1nnc2sc([C@H]3COc4ccccc4O3)nn12. The van der Waals surface area contributed by atoms with Gasteiger partial charge in [-0.25, -0.2) is 0 Å². The summed E-state index contributed by atoms with van der Waals surface area (Å²) >= 11 is 1.49. The molecule has 0 aliphatic carbocycles. The highest BCUT2D eigenvalue weighted by Crippen LogP contribution is 2.37. The molecule has 4 rings (SSSR count). The average Bonchev–Trinajstić information content (AvgIpc) is 3.06. The van der Waals surface area contributed by atoms with E-state index in [0.29, 0.717) is 6.61 Å². The molecule has 1 aliphatic heterocycles. The van der Waals surface area contributed by atoms with Crippen molar-refractivity contribution in [3.63, 3.8) is 0 Å². The van der Waals surface area contributed by atoms with Crippen molar-refractivity contribution >= 4 is 16.3 Å². The van der Waals surface area contributed by atoms with Crippen LogP contribution in [0.1, 0.15) is 36.7 Å². The number of hydrogen-bond acceptors (Lipinski definition) is 6. The Hall–Kier alpha value is -2.15. The predicted octanol–water partition coefficient (Wildman–Crippen LogP) is 2.82. The van der Waals surface area contributed by atoms with Crippen LogP contribution in [0.2, 0.25) is 0 Å². The Kier molecular flexibility index (Phi) is 2.81. The van der Waals surface area contributed by atoms with Gasteiger partial charge in [0.2, 0.25) is 4.96 Å². The second-order valence-corrected chi connectivity index (χ2v) is 6.20. The summed E-state index contributed by atoms with van der Waals surface area (Å²) in [5.41, 5.74) is 0. The van der Waals surface area contributed by atoms with Crippen LogP contribution in [0.15, 0.2) is 24.3 Å². The quantitative estimate of drug-likeness (QED) is 0.728. The summed E-state index contributed by atoms with van der Waals surface area (Å²) in [5.74, 6) is 2.67. The van der Waals surface area contributed by atoms with Gasteiger partial charge in [-0.15, -0.1) is 10.2 Å². The van der Waals surface area contributed by atoms with Crippen LogP contribution in [0, 0.1) is 0 Å². The van der Waals surface area contributed by atoms with Crippen molar-refractivity contribution in [2.24, 2.45) is 0 Å². The molecular formula is C14H14N4O2S. The molecule has 3 aromatic rings. The van der Waals surface area contributed by atoms with E-state index in [1.54, 1.807) is 4.52 Å². The fourth-order valence-electron chi connectivity index (χ4n) is 2.28. The Bertz CT molecular complexity index is 795. The van der Waals surface area contributed by atoms with Gasteiger partial charge in [0.1, 0.15) is 6.61 Å².